The Kier molecular flexibility index (Phi) is 5.77. The van der Waals surface area contributed by atoms with E-state index in [9.17, 15) is 0 Å². The lowest BCUT2D eigenvalue weighted by Gasteiger charge is -2.19. The van der Waals surface area contributed by atoms with E-state index in [1.54, 1.807) is 0 Å². The molecule has 0 atom stereocenters. The van der Waals surface area contributed by atoms with Crippen molar-refractivity contribution in [3.8, 4) is 33.6 Å². The van der Waals surface area contributed by atoms with Crippen LogP contribution in [0.15, 0.2) is 183 Å². The first-order valence-corrected chi connectivity index (χ1v) is 18.0. The highest BCUT2D eigenvalue weighted by Crippen LogP contribution is 2.53. The molecule has 0 bridgehead atoms. The summed E-state index contributed by atoms with van der Waals surface area (Å²) in [5, 5.41) is 12.3. The quantitative estimate of drug-likeness (QED) is 0.175. The second-order valence-electron chi connectivity index (χ2n) is 13.9. The number of furan rings is 3. The van der Waals surface area contributed by atoms with Crippen LogP contribution in [-0.4, -0.2) is 0 Å². The van der Waals surface area contributed by atoms with Gasteiger partial charge in [0.2, 0.25) is 0 Å². The Bertz CT molecular complexity index is 3390. The number of hydrogen-bond donors (Lipinski definition) is 0. The first-order valence-electron chi connectivity index (χ1n) is 18.0. The molecule has 0 N–H and O–H groups in total. The molecule has 0 spiro atoms. The number of benzene rings is 9. The van der Waals surface area contributed by atoms with Crippen LogP contribution in [0.5, 0.6) is 0 Å². The smallest absolute Gasteiger partial charge is 0.147 e. The second-order valence-corrected chi connectivity index (χ2v) is 13.9. The van der Waals surface area contributed by atoms with Crippen LogP contribution in [0.25, 0.3) is 121 Å². The highest BCUT2D eigenvalue weighted by molar-refractivity contribution is 6.31. The lowest BCUT2D eigenvalue weighted by molar-refractivity contribution is 0.631. The summed E-state index contributed by atoms with van der Waals surface area (Å²) in [5.41, 5.74) is 9.69. The average molecular weight is 677 g/mol. The Morgan fingerprint density at radius 3 is 1.45 bits per heavy atom. The van der Waals surface area contributed by atoms with Gasteiger partial charge in [0.1, 0.15) is 33.7 Å². The van der Waals surface area contributed by atoms with Gasteiger partial charge in [-0.25, -0.2) is 0 Å². The van der Waals surface area contributed by atoms with E-state index >= 15 is 0 Å². The zero-order valence-corrected chi connectivity index (χ0v) is 28.4. The first kappa shape index (κ1) is 28.6. The third-order valence-electron chi connectivity index (χ3n) is 11.1. The molecule has 12 rings (SSSR count). The summed E-state index contributed by atoms with van der Waals surface area (Å²) in [5.74, 6) is 0.821. The van der Waals surface area contributed by atoms with Gasteiger partial charge in [-0.15, -0.1) is 0 Å². The summed E-state index contributed by atoms with van der Waals surface area (Å²) < 4.78 is 20.5. The SMILES string of the molecule is c1ccc(-c2oc3ccc4c5ccccc5oc4c3c2-c2c3ccccc3c(-c3c4ccccc4cc4c3oc3ccccc34)c3ccccc23)cc1. The van der Waals surface area contributed by atoms with Crippen LogP contribution in [0.1, 0.15) is 0 Å². The number of rotatable bonds is 3. The summed E-state index contributed by atoms with van der Waals surface area (Å²) in [7, 11) is 0. The number of para-hydroxylation sites is 2. The van der Waals surface area contributed by atoms with Crippen molar-refractivity contribution in [2.75, 3.05) is 0 Å². The van der Waals surface area contributed by atoms with Gasteiger partial charge in [0.15, 0.2) is 0 Å². The van der Waals surface area contributed by atoms with Gasteiger partial charge in [0.25, 0.3) is 0 Å². The van der Waals surface area contributed by atoms with Gasteiger partial charge in [-0.1, -0.05) is 140 Å². The van der Waals surface area contributed by atoms with Crippen molar-refractivity contribution < 1.29 is 13.3 Å². The second kappa shape index (κ2) is 10.7. The molecule has 0 aliphatic rings. The van der Waals surface area contributed by atoms with Crippen LogP contribution in [0, 0.1) is 0 Å². The van der Waals surface area contributed by atoms with Crippen molar-refractivity contribution in [1.29, 1.82) is 0 Å². The van der Waals surface area contributed by atoms with Gasteiger partial charge in [-0.3, -0.25) is 0 Å². The highest BCUT2D eigenvalue weighted by Gasteiger charge is 2.28. The molecule has 0 unspecified atom stereocenters. The fraction of sp³-hybridized carbons (Fsp3) is 0. The molecule has 3 heterocycles. The molecule has 0 saturated heterocycles. The van der Waals surface area contributed by atoms with Gasteiger partial charge >= 0.3 is 0 Å². The Hall–Kier alpha value is -7.10. The lowest BCUT2D eigenvalue weighted by Crippen LogP contribution is -1.93. The molecular weight excluding hydrogens is 649 g/mol. The minimum Gasteiger partial charge on any atom is -0.455 e. The van der Waals surface area contributed by atoms with E-state index < -0.39 is 0 Å². The van der Waals surface area contributed by atoms with Crippen molar-refractivity contribution >= 4 is 87.2 Å². The predicted molar refractivity (Wildman–Crippen MR) is 220 cm³/mol. The third kappa shape index (κ3) is 3.94. The summed E-state index contributed by atoms with van der Waals surface area (Å²) in [4.78, 5) is 0. The normalized spacial score (nSPS) is 12.2. The van der Waals surface area contributed by atoms with E-state index in [2.05, 4.69) is 146 Å². The standard InChI is InChI=1S/C50H28O3/c1-2-14-29(15-3-1)48-47(46-42(53-48)27-26-38-32-18-10-12-24-40(32)51-49(38)46)44-36-22-8-6-20-34(36)43(35-21-7-9-23-37(35)44)45-31-17-5-4-16-30(31)28-39-33-19-11-13-25-41(33)52-50(39)45/h1-28H. The van der Waals surface area contributed by atoms with Crippen LogP contribution in [0.3, 0.4) is 0 Å². The van der Waals surface area contributed by atoms with Crippen molar-refractivity contribution in [3.05, 3.63) is 170 Å². The first-order chi connectivity index (χ1) is 26.3. The maximum Gasteiger partial charge on any atom is 0.147 e. The van der Waals surface area contributed by atoms with Gasteiger partial charge in [0, 0.05) is 49.4 Å². The van der Waals surface area contributed by atoms with Crippen LogP contribution in [0.2, 0.25) is 0 Å². The summed E-state index contributed by atoms with van der Waals surface area (Å²) >= 11 is 0. The van der Waals surface area contributed by atoms with E-state index in [0.29, 0.717) is 0 Å². The van der Waals surface area contributed by atoms with Gasteiger partial charge < -0.3 is 13.3 Å². The van der Waals surface area contributed by atoms with E-state index in [-0.39, 0.29) is 0 Å². The highest BCUT2D eigenvalue weighted by atomic mass is 16.3. The average Bonchev–Trinajstić information content (AvgIpc) is 3.91. The zero-order chi connectivity index (χ0) is 34.6. The molecule has 12 aromatic rings. The van der Waals surface area contributed by atoms with Gasteiger partial charge in [-0.2, -0.15) is 0 Å². The van der Waals surface area contributed by atoms with Crippen molar-refractivity contribution in [2.24, 2.45) is 0 Å². The molecular formula is C50H28O3. The molecule has 3 nitrogen and oxygen atoms in total. The largest absolute Gasteiger partial charge is 0.455 e. The fourth-order valence-electron chi connectivity index (χ4n) is 8.84. The van der Waals surface area contributed by atoms with Gasteiger partial charge in [0.05, 0.1) is 5.39 Å². The number of hydrogen-bond acceptors (Lipinski definition) is 3. The molecule has 0 saturated carbocycles. The van der Waals surface area contributed by atoms with Crippen molar-refractivity contribution in [3.63, 3.8) is 0 Å². The Labute approximate surface area is 302 Å². The molecule has 3 heteroatoms. The maximum atomic E-state index is 6.93. The zero-order valence-electron chi connectivity index (χ0n) is 28.4. The van der Waals surface area contributed by atoms with Crippen LogP contribution < -0.4 is 0 Å². The van der Waals surface area contributed by atoms with E-state index in [4.69, 9.17) is 13.3 Å². The van der Waals surface area contributed by atoms with Crippen LogP contribution in [0.4, 0.5) is 0 Å². The summed E-state index contributed by atoms with van der Waals surface area (Å²) in [6, 6.07) is 59.9. The van der Waals surface area contributed by atoms with Gasteiger partial charge in [-0.05, 0) is 62.6 Å². The lowest BCUT2D eigenvalue weighted by atomic mass is 9.83. The molecule has 246 valence electrons. The summed E-state index contributed by atoms with van der Waals surface area (Å²) in [6.07, 6.45) is 0. The Balaban J connectivity index is 1.30. The summed E-state index contributed by atoms with van der Waals surface area (Å²) in [6.45, 7) is 0. The minimum absolute atomic E-state index is 0.792. The van der Waals surface area contributed by atoms with E-state index in [1.165, 1.54) is 5.39 Å². The number of fused-ring (bicyclic) bond motifs is 11. The molecule has 3 aromatic heterocycles. The Morgan fingerprint density at radius 1 is 0.283 bits per heavy atom. The van der Waals surface area contributed by atoms with Crippen molar-refractivity contribution in [2.45, 2.75) is 0 Å². The molecule has 0 amide bonds. The van der Waals surface area contributed by atoms with Crippen molar-refractivity contribution in [1.82, 2.24) is 0 Å². The fourth-order valence-corrected chi connectivity index (χ4v) is 8.84. The molecule has 0 fully saturated rings. The van der Waals surface area contributed by atoms with Crippen LogP contribution in [-0.2, 0) is 0 Å². The third-order valence-corrected chi connectivity index (χ3v) is 11.1. The predicted octanol–water partition coefficient (Wildman–Crippen LogP) is 14.7. The molecule has 0 radical (unpaired) electrons. The van der Waals surface area contributed by atoms with E-state index in [0.717, 1.165) is 115 Å². The van der Waals surface area contributed by atoms with E-state index in [1.807, 2.05) is 24.3 Å². The monoisotopic (exact) mass is 676 g/mol. The molecule has 53 heavy (non-hydrogen) atoms. The maximum absolute atomic E-state index is 6.93. The molecule has 9 aromatic carbocycles. The minimum atomic E-state index is 0.792. The molecule has 0 aliphatic carbocycles. The Morgan fingerprint density at radius 2 is 0.792 bits per heavy atom. The topological polar surface area (TPSA) is 39.4 Å². The van der Waals surface area contributed by atoms with Crippen LogP contribution >= 0.6 is 0 Å². The molecule has 0 aliphatic heterocycles.